The molecule has 3 atom stereocenters. The third-order valence-electron chi connectivity index (χ3n) is 9.24. The van der Waals surface area contributed by atoms with Gasteiger partial charge in [0.25, 0.3) is 0 Å². The summed E-state index contributed by atoms with van der Waals surface area (Å²) in [5, 5.41) is 17.8. The highest BCUT2D eigenvalue weighted by atomic mass is 35.5. The normalized spacial score (nSPS) is 20.0. The molecule has 0 aliphatic carbocycles. The Kier molecular flexibility index (Phi) is 8.79. The molecule has 47 heavy (non-hydrogen) atoms. The number of hydrogen-bond acceptors (Lipinski definition) is 8. The third kappa shape index (κ3) is 6.72. The fraction of sp³-hybridized carbons (Fsp3) is 0.394. The predicted molar refractivity (Wildman–Crippen MR) is 172 cm³/mol. The number of nitrogens with one attached hydrogen (secondary N) is 1. The number of carboxylic acids is 1. The van der Waals surface area contributed by atoms with Gasteiger partial charge < -0.3 is 25.8 Å². The predicted octanol–water partition coefficient (Wildman–Crippen LogP) is 6.37. The second kappa shape index (κ2) is 12.7. The molecule has 2 aliphatic heterocycles. The van der Waals surface area contributed by atoms with Gasteiger partial charge in [0.2, 0.25) is 17.9 Å². The SMILES string of the molecule is CCC1NC(C(=O)O)CC12CCN(c1cc(O[C@H](c3ccc(-c4ccc(Cl)cc4)cc3-n3ccc(C)n3)C(F)(F)F)nc(N)n1)CC2. The zero-order chi connectivity index (χ0) is 33.5. The number of anilines is 2. The van der Waals surface area contributed by atoms with Crippen molar-refractivity contribution in [1.82, 2.24) is 25.1 Å². The summed E-state index contributed by atoms with van der Waals surface area (Å²) in [7, 11) is 0. The van der Waals surface area contributed by atoms with Crippen molar-refractivity contribution in [3.63, 3.8) is 0 Å². The van der Waals surface area contributed by atoms with Crippen molar-refractivity contribution < 1.29 is 27.8 Å². The molecule has 2 aromatic carbocycles. The summed E-state index contributed by atoms with van der Waals surface area (Å²) in [5.41, 5.74) is 7.91. The first-order chi connectivity index (χ1) is 22.3. The van der Waals surface area contributed by atoms with Crippen LogP contribution in [-0.2, 0) is 4.79 Å². The van der Waals surface area contributed by atoms with Gasteiger partial charge in [-0.1, -0.05) is 42.8 Å². The molecule has 0 amide bonds. The van der Waals surface area contributed by atoms with E-state index in [-0.39, 0.29) is 34.5 Å². The van der Waals surface area contributed by atoms with Crippen molar-refractivity contribution in [2.75, 3.05) is 23.7 Å². The highest BCUT2D eigenvalue weighted by molar-refractivity contribution is 6.30. The Hall–Kier alpha value is -4.36. The van der Waals surface area contributed by atoms with Crippen molar-refractivity contribution in [3.8, 4) is 22.7 Å². The van der Waals surface area contributed by atoms with Crippen molar-refractivity contribution in [1.29, 1.82) is 0 Å². The minimum absolute atomic E-state index is 0.0616. The number of carbonyl (C=O) groups is 1. The van der Waals surface area contributed by atoms with E-state index in [1.165, 1.54) is 16.8 Å². The highest BCUT2D eigenvalue weighted by Crippen LogP contribution is 2.46. The van der Waals surface area contributed by atoms with Crippen molar-refractivity contribution >= 4 is 29.3 Å². The topological polar surface area (TPSA) is 131 Å². The van der Waals surface area contributed by atoms with E-state index < -0.39 is 24.3 Å². The number of alkyl halides is 3. The van der Waals surface area contributed by atoms with E-state index in [1.54, 1.807) is 55.6 Å². The van der Waals surface area contributed by atoms with Gasteiger partial charge in [0.1, 0.15) is 11.9 Å². The number of hydrogen-bond donors (Lipinski definition) is 3. The van der Waals surface area contributed by atoms with Crippen LogP contribution in [0.5, 0.6) is 5.88 Å². The largest absolute Gasteiger partial charge is 0.480 e. The van der Waals surface area contributed by atoms with Crippen LogP contribution >= 0.6 is 11.6 Å². The van der Waals surface area contributed by atoms with Crippen LogP contribution in [0.2, 0.25) is 5.02 Å². The fourth-order valence-corrected chi connectivity index (χ4v) is 7.01. The lowest BCUT2D eigenvalue weighted by Crippen LogP contribution is -2.46. The van der Waals surface area contributed by atoms with E-state index in [1.807, 2.05) is 11.8 Å². The molecule has 6 rings (SSSR count). The quantitative estimate of drug-likeness (QED) is 0.196. The van der Waals surface area contributed by atoms with E-state index in [0.717, 1.165) is 12.0 Å². The highest BCUT2D eigenvalue weighted by Gasteiger charge is 2.50. The molecule has 0 radical (unpaired) electrons. The minimum Gasteiger partial charge on any atom is -0.480 e. The smallest absolute Gasteiger partial charge is 0.429 e. The second-order valence-corrected chi connectivity index (χ2v) is 12.7. The molecular weight excluding hydrogens is 635 g/mol. The molecule has 2 aliphatic rings. The fourth-order valence-electron chi connectivity index (χ4n) is 6.89. The van der Waals surface area contributed by atoms with Crippen LogP contribution < -0.4 is 20.7 Å². The molecule has 4 heterocycles. The Labute approximate surface area is 274 Å². The molecule has 2 saturated heterocycles. The van der Waals surface area contributed by atoms with E-state index in [9.17, 15) is 23.1 Å². The summed E-state index contributed by atoms with van der Waals surface area (Å²) >= 11 is 6.05. The average Bonchev–Trinajstić information content (AvgIpc) is 3.63. The molecule has 14 heteroatoms. The Bertz CT molecular complexity index is 1760. The first kappa shape index (κ1) is 32.6. The molecule has 2 unspecified atom stereocenters. The number of piperidine rings is 1. The zero-order valence-electron chi connectivity index (χ0n) is 25.8. The van der Waals surface area contributed by atoms with E-state index in [4.69, 9.17) is 22.1 Å². The van der Waals surface area contributed by atoms with Gasteiger partial charge in [-0.15, -0.1) is 0 Å². The van der Waals surface area contributed by atoms with Crippen molar-refractivity contribution in [2.45, 2.75) is 63.9 Å². The monoisotopic (exact) mass is 669 g/mol. The van der Waals surface area contributed by atoms with Crippen LogP contribution in [0.3, 0.4) is 0 Å². The van der Waals surface area contributed by atoms with Crippen LogP contribution in [0.4, 0.5) is 24.9 Å². The standard InChI is InChI=1S/C33H35ClF3N7O3/c1-3-26-32(18-24(39-26)30(45)46)11-14-43(15-12-32)27-17-28(41-31(38)40-27)47-29(33(35,36)37)23-9-6-21(20-4-7-22(34)8-5-20)16-25(23)44-13-10-19(2)42-44/h4-10,13,16-17,24,26,29,39H,3,11-12,14-15,18H2,1-2H3,(H,45,46)(H2,38,40,41)/t24?,26?,29-/m1/s1. The van der Waals surface area contributed by atoms with Crippen LogP contribution in [0.1, 0.15) is 50.0 Å². The maximum Gasteiger partial charge on any atom is 0.429 e. The van der Waals surface area contributed by atoms with Gasteiger partial charge in [-0.25, -0.2) is 4.68 Å². The number of ether oxygens (including phenoxy) is 1. The van der Waals surface area contributed by atoms with Gasteiger partial charge in [0.05, 0.1) is 11.4 Å². The summed E-state index contributed by atoms with van der Waals surface area (Å²) in [4.78, 5) is 22.0. The Morgan fingerprint density at radius 3 is 2.45 bits per heavy atom. The van der Waals surface area contributed by atoms with Crippen LogP contribution in [0.15, 0.2) is 60.8 Å². The molecule has 0 bridgehead atoms. The maximum absolute atomic E-state index is 14.8. The number of aryl methyl sites for hydroxylation is 1. The Morgan fingerprint density at radius 1 is 1.13 bits per heavy atom. The van der Waals surface area contributed by atoms with Gasteiger partial charge in [-0.05, 0) is 73.4 Å². The molecule has 2 fully saturated rings. The van der Waals surface area contributed by atoms with Gasteiger partial charge in [0.15, 0.2) is 0 Å². The van der Waals surface area contributed by atoms with Gasteiger partial charge in [0, 0.05) is 42.0 Å². The number of halogens is 4. The minimum atomic E-state index is -4.83. The van der Waals surface area contributed by atoms with Crippen LogP contribution in [0, 0.1) is 12.3 Å². The maximum atomic E-state index is 14.8. The summed E-state index contributed by atoms with van der Waals surface area (Å²) in [6.07, 6.45) is -2.93. The van der Waals surface area contributed by atoms with Crippen LogP contribution in [0.25, 0.3) is 16.8 Å². The third-order valence-corrected chi connectivity index (χ3v) is 9.50. The number of benzene rings is 2. The zero-order valence-corrected chi connectivity index (χ0v) is 26.6. The first-order valence-corrected chi connectivity index (χ1v) is 15.8. The van der Waals surface area contributed by atoms with Gasteiger partial charge in [-0.3, -0.25) is 4.79 Å². The first-order valence-electron chi connectivity index (χ1n) is 15.4. The molecule has 248 valence electrons. The number of aromatic nitrogens is 4. The lowest BCUT2D eigenvalue weighted by molar-refractivity contribution is -0.198. The summed E-state index contributed by atoms with van der Waals surface area (Å²) in [6, 6.07) is 14.1. The van der Waals surface area contributed by atoms with E-state index in [0.29, 0.717) is 54.4 Å². The molecule has 10 nitrogen and oxygen atoms in total. The summed E-state index contributed by atoms with van der Waals surface area (Å²) in [6.45, 7) is 4.84. The number of nitrogen functional groups attached to an aromatic ring is 1. The second-order valence-electron chi connectivity index (χ2n) is 12.2. The summed E-state index contributed by atoms with van der Waals surface area (Å²) < 4.78 is 51.6. The molecule has 0 saturated carbocycles. The van der Waals surface area contributed by atoms with Gasteiger partial charge >= 0.3 is 12.1 Å². The lowest BCUT2D eigenvalue weighted by Gasteiger charge is -2.43. The van der Waals surface area contributed by atoms with Crippen LogP contribution in [-0.4, -0.2) is 62.2 Å². The van der Waals surface area contributed by atoms with Crippen molar-refractivity contribution in [2.24, 2.45) is 5.41 Å². The lowest BCUT2D eigenvalue weighted by atomic mass is 9.71. The molecule has 2 aromatic heterocycles. The number of nitrogens with zero attached hydrogens (tertiary/aromatic N) is 5. The Balaban J connectivity index is 1.30. The molecule has 4 N–H and O–H groups in total. The molecular formula is C33H35ClF3N7O3. The van der Waals surface area contributed by atoms with E-state index in [2.05, 4.69) is 20.4 Å². The molecule has 1 spiro atoms. The summed E-state index contributed by atoms with van der Waals surface area (Å²) in [5.74, 6) is -1.06. The Morgan fingerprint density at radius 2 is 1.83 bits per heavy atom. The average molecular weight is 670 g/mol. The van der Waals surface area contributed by atoms with Gasteiger partial charge in [-0.2, -0.15) is 28.2 Å². The van der Waals surface area contributed by atoms with E-state index >= 15 is 0 Å². The molecule has 4 aromatic rings. The van der Waals surface area contributed by atoms with Crippen molar-refractivity contribution in [3.05, 3.63) is 77.1 Å². The number of carboxylic acid groups (broad SMARTS) is 1. The number of aliphatic carboxylic acids is 1. The number of rotatable bonds is 8. The number of nitrogens with two attached hydrogens (primary N) is 1.